The van der Waals surface area contributed by atoms with Crippen molar-refractivity contribution >= 4 is 31.9 Å². The summed E-state index contributed by atoms with van der Waals surface area (Å²) in [5, 5.41) is 4.36. The summed E-state index contributed by atoms with van der Waals surface area (Å²) in [6.45, 7) is 2.92. The highest BCUT2D eigenvalue weighted by Crippen LogP contribution is 2.20. The van der Waals surface area contributed by atoms with Crippen molar-refractivity contribution in [1.82, 2.24) is 19.4 Å². The Hall–Kier alpha value is -1.71. The van der Waals surface area contributed by atoms with Crippen molar-refractivity contribution in [2.75, 3.05) is 19.3 Å². The molecule has 1 aliphatic heterocycles. The summed E-state index contributed by atoms with van der Waals surface area (Å²) in [7, 11) is -3.22. The van der Waals surface area contributed by atoms with E-state index in [0.29, 0.717) is 31.5 Å². The first-order valence-corrected chi connectivity index (χ1v) is 11.0. The maximum absolute atomic E-state index is 12.8. The third-order valence-corrected chi connectivity index (χ3v) is 5.76. The fourth-order valence-electron chi connectivity index (χ4n) is 3.14. The van der Waals surface area contributed by atoms with Crippen LogP contribution in [0.1, 0.15) is 28.9 Å². The molecule has 0 spiro atoms. The van der Waals surface area contributed by atoms with Gasteiger partial charge in [0.1, 0.15) is 0 Å². The SMILES string of the molecule is Cc1c(C(=O)N2CCC(NS(C)(=O)=O)CC2)cnn1-c1ccc(Br)cc1. The lowest BCUT2D eigenvalue weighted by molar-refractivity contribution is 0.0710. The number of aromatic nitrogens is 2. The Balaban J connectivity index is 1.71. The molecule has 2 heterocycles. The van der Waals surface area contributed by atoms with Crippen LogP contribution in [0, 0.1) is 6.92 Å². The summed E-state index contributed by atoms with van der Waals surface area (Å²) in [5.41, 5.74) is 2.25. The fourth-order valence-corrected chi connectivity index (χ4v) is 4.24. The van der Waals surface area contributed by atoms with E-state index in [-0.39, 0.29) is 11.9 Å². The van der Waals surface area contributed by atoms with Crippen LogP contribution in [0.5, 0.6) is 0 Å². The van der Waals surface area contributed by atoms with Gasteiger partial charge in [0.2, 0.25) is 10.0 Å². The Morgan fingerprint density at radius 1 is 1.23 bits per heavy atom. The molecule has 0 bridgehead atoms. The second-order valence-electron chi connectivity index (χ2n) is 6.49. The van der Waals surface area contributed by atoms with Crippen LogP contribution >= 0.6 is 15.9 Å². The van der Waals surface area contributed by atoms with Gasteiger partial charge in [-0.15, -0.1) is 0 Å². The van der Waals surface area contributed by atoms with E-state index in [0.717, 1.165) is 22.1 Å². The molecule has 2 aromatic rings. The van der Waals surface area contributed by atoms with Gasteiger partial charge in [-0.3, -0.25) is 4.79 Å². The topological polar surface area (TPSA) is 84.3 Å². The molecular weight excluding hydrogens is 420 g/mol. The molecule has 26 heavy (non-hydrogen) atoms. The van der Waals surface area contributed by atoms with E-state index < -0.39 is 10.0 Å². The molecule has 0 atom stereocenters. The molecule has 1 fully saturated rings. The van der Waals surface area contributed by atoms with Crippen LogP contribution < -0.4 is 4.72 Å². The molecule has 1 saturated heterocycles. The molecule has 1 aliphatic rings. The highest BCUT2D eigenvalue weighted by atomic mass is 79.9. The predicted octanol–water partition coefficient (Wildman–Crippen LogP) is 2.10. The third-order valence-electron chi connectivity index (χ3n) is 4.47. The smallest absolute Gasteiger partial charge is 0.257 e. The summed E-state index contributed by atoms with van der Waals surface area (Å²) >= 11 is 3.41. The molecular formula is C17H21BrN4O3S. The molecule has 0 saturated carbocycles. The van der Waals surface area contributed by atoms with E-state index in [1.54, 1.807) is 15.8 Å². The van der Waals surface area contributed by atoms with Crippen LogP contribution in [0.25, 0.3) is 5.69 Å². The number of halogens is 1. The van der Waals surface area contributed by atoms with Gasteiger partial charge >= 0.3 is 0 Å². The zero-order valence-electron chi connectivity index (χ0n) is 14.6. The molecule has 0 aliphatic carbocycles. The number of benzene rings is 1. The minimum absolute atomic E-state index is 0.0660. The van der Waals surface area contributed by atoms with Gasteiger partial charge < -0.3 is 4.90 Å². The molecule has 1 aromatic carbocycles. The molecule has 1 aromatic heterocycles. The van der Waals surface area contributed by atoms with Gasteiger partial charge in [-0.2, -0.15) is 5.10 Å². The van der Waals surface area contributed by atoms with E-state index in [4.69, 9.17) is 0 Å². The summed E-state index contributed by atoms with van der Waals surface area (Å²) in [6.07, 6.45) is 3.97. The molecule has 140 valence electrons. The summed E-state index contributed by atoms with van der Waals surface area (Å²) in [5.74, 6) is -0.0660. The average molecular weight is 441 g/mol. The maximum atomic E-state index is 12.8. The molecule has 1 amide bonds. The Bertz CT molecular complexity index is 901. The first-order chi connectivity index (χ1) is 12.2. The van der Waals surface area contributed by atoms with Crippen LogP contribution in [-0.4, -0.2) is 54.4 Å². The van der Waals surface area contributed by atoms with Crippen LogP contribution in [-0.2, 0) is 10.0 Å². The summed E-state index contributed by atoms with van der Waals surface area (Å²) < 4.78 is 28.0. The average Bonchev–Trinajstić information content (AvgIpc) is 2.96. The van der Waals surface area contributed by atoms with Crippen molar-refractivity contribution in [3.8, 4) is 5.69 Å². The maximum Gasteiger partial charge on any atom is 0.257 e. The van der Waals surface area contributed by atoms with Crippen molar-refractivity contribution in [2.45, 2.75) is 25.8 Å². The van der Waals surface area contributed by atoms with Crippen molar-refractivity contribution in [3.63, 3.8) is 0 Å². The zero-order chi connectivity index (χ0) is 18.9. The third kappa shape index (κ3) is 4.33. The van der Waals surface area contributed by atoms with Crippen LogP contribution in [0.2, 0.25) is 0 Å². The number of carbonyl (C=O) groups excluding carboxylic acids is 1. The van der Waals surface area contributed by atoms with E-state index in [2.05, 4.69) is 25.8 Å². The van der Waals surface area contributed by atoms with Crippen LogP contribution in [0.15, 0.2) is 34.9 Å². The van der Waals surface area contributed by atoms with Crippen molar-refractivity contribution < 1.29 is 13.2 Å². The number of nitrogens with zero attached hydrogens (tertiary/aromatic N) is 3. The monoisotopic (exact) mass is 440 g/mol. The lowest BCUT2D eigenvalue weighted by atomic mass is 10.1. The van der Waals surface area contributed by atoms with Gasteiger partial charge in [-0.1, -0.05) is 15.9 Å². The van der Waals surface area contributed by atoms with E-state index in [1.807, 2.05) is 31.2 Å². The Labute approximate surface area is 161 Å². The number of rotatable bonds is 4. The van der Waals surface area contributed by atoms with Crippen molar-refractivity contribution in [1.29, 1.82) is 0 Å². The second-order valence-corrected chi connectivity index (χ2v) is 9.18. The molecule has 0 radical (unpaired) electrons. The second kappa shape index (κ2) is 7.50. The van der Waals surface area contributed by atoms with Gasteiger partial charge in [0.25, 0.3) is 5.91 Å². The molecule has 7 nitrogen and oxygen atoms in total. The van der Waals surface area contributed by atoms with E-state index >= 15 is 0 Å². The number of amides is 1. The summed E-state index contributed by atoms with van der Waals surface area (Å²) in [4.78, 5) is 14.6. The predicted molar refractivity (Wildman–Crippen MR) is 103 cm³/mol. The van der Waals surface area contributed by atoms with Gasteiger partial charge in [0.05, 0.1) is 29.4 Å². The molecule has 0 unspecified atom stereocenters. The summed E-state index contributed by atoms with van der Waals surface area (Å²) in [6, 6.07) is 7.61. The first kappa shape index (κ1) is 19.1. The number of piperidine rings is 1. The number of likely N-dealkylation sites (tertiary alicyclic amines) is 1. The Kier molecular flexibility index (Phi) is 5.50. The molecule has 3 rings (SSSR count). The van der Waals surface area contributed by atoms with Crippen LogP contribution in [0.3, 0.4) is 0 Å². The largest absolute Gasteiger partial charge is 0.338 e. The van der Waals surface area contributed by atoms with E-state index in [1.165, 1.54) is 0 Å². The highest BCUT2D eigenvalue weighted by Gasteiger charge is 2.27. The number of nitrogens with one attached hydrogen (secondary N) is 1. The number of hydrogen-bond acceptors (Lipinski definition) is 4. The molecule has 1 N–H and O–H groups in total. The quantitative estimate of drug-likeness (QED) is 0.788. The van der Waals surface area contributed by atoms with Crippen molar-refractivity contribution in [2.24, 2.45) is 0 Å². The van der Waals surface area contributed by atoms with Gasteiger partial charge in [0.15, 0.2) is 0 Å². The lowest BCUT2D eigenvalue weighted by Crippen LogP contribution is -2.46. The minimum atomic E-state index is -3.22. The lowest BCUT2D eigenvalue weighted by Gasteiger charge is -2.31. The molecule has 9 heteroatoms. The van der Waals surface area contributed by atoms with Gasteiger partial charge in [-0.25, -0.2) is 17.8 Å². The highest BCUT2D eigenvalue weighted by molar-refractivity contribution is 9.10. The van der Waals surface area contributed by atoms with Crippen molar-refractivity contribution in [3.05, 3.63) is 46.2 Å². The van der Waals surface area contributed by atoms with Crippen LogP contribution in [0.4, 0.5) is 0 Å². The van der Waals surface area contributed by atoms with Gasteiger partial charge in [0, 0.05) is 23.6 Å². The normalized spacial score (nSPS) is 16.0. The van der Waals surface area contributed by atoms with E-state index in [9.17, 15) is 13.2 Å². The zero-order valence-corrected chi connectivity index (χ0v) is 17.0. The number of carbonyl (C=O) groups is 1. The number of hydrogen-bond donors (Lipinski definition) is 1. The van der Waals surface area contributed by atoms with Gasteiger partial charge in [-0.05, 0) is 44.0 Å². The minimum Gasteiger partial charge on any atom is -0.338 e. The number of sulfonamides is 1. The first-order valence-electron chi connectivity index (χ1n) is 8.32. The fraction of sp³-hybridized carbons (Fsp3) is 0.412. The standard InChI is InChI=1S/C17H21BrN4O3S/c1-12-16(11-19-22(12)15-5-3-13(18)4-6-15)17(23)21-9-7-14(8-10-21)20-26(2,24)25/h3-6,11,14,20H,7-10H2,1-2H3. The Morgan fingerprint density at radius 2 is 1.85 bits per heavy atom. The Morgan fingerprint density at radius 3 is 2.42 bits per heavy atom.